The van der Waals surface area contributed by atoms with Crippen LogP contribution in [0.15, 0.2) is 16.7 Å². The van der Waals surface area contributed by atoms with E-state index in [1.807, 2.05) is 0 Å². The van der Waals surface area contributed by atoms with Crippen LogP contribution >= 0.6 is 15.9 Å². The van der Waals surface area contributed by atoms with E-state index in [1.54, 1.807) is 6.92 Å². The molecule has 1 aromatic rings. The van der Waals surface area contributed by atoms with Crippen molar-refractivity contribution >= 4 is 33.4 Å². The van der Waals surface area contributed by atoms with Crippen LogP contribution < -0.4 is 5.32 Å². The van der Waals surface area contributed by atoms with E-state index in [1.165, 1.54) is 12.3 Å². The maximum Gasteiger partial charge on any atom is 0.312 e. The normalized spacial score (nSPS) is 11.9. The van der Waals surface area contributed by atoms with Crippen molar-refractivity contribution in [3.05, 3.63) is 26.9 Å². The van der Waals surface area contributed by atoms with Gasteiger partial charge in [0.15, 0.2) is 0 Å². The third-order valence-electron chi connectivity index (χ3n) is 2.29. The Bertz CT molecular complexity index is 466. The number of aliphatic carboxylic acids is 1. The Hall–Kier alpha value is -1.70. The highest BCUT2D eigenvalue weighted by Gasteiger charge is 2.19. The lowest BCUT2D eigenvalue weighted by atomic mass is 10.1. The maximum atomic E-state index is 10.9. The molecule has 0 fully saturated rings. The number of anilines is 1. The molecule has 18 heavy (non-hydrogen) atoms. The first-order valence-electron chi connectivity index (χ1n) is 5.22. The zero-order chi connectivity index (χ0) is 13.7. The summed E-state index contributed by atoms with van der Waals surface area (Å²) in [7, 11) is 0. The van der Waals surface area contributed by atoms with Crippen LogP contribution in [0.1, 0.15) is 19.8 Å². The highest BCUT2D eigenvalue weighted by molar-refractivity contribution is 9.10. The first-order chi connectivity index (χ1) is 8.43. The average Bonchev–Trinajstić information content (AvgIpc) is 2.29. The molecule has 0 aliphatic heterocycles. The zero-order valence-electron chi connectivity index (χ0n) is 9.59. The fourth-order valence-electron chi connectivity index (χ4n) is 1.38. The van der Waals surface area contributed by atoms with Gasteiger partial charge in [0.25, 0.3) is 0 Å². The Morgan fingerprint density at radius 1 is 1.72 bits per heavy atom. The lowest BCUT2D eigenvalue weighted by Crippen LogP contribution is -2.23. The lowest BCUT2D eigenvalue weighted by molar-refractivity contribution is -0.384. The van der Waals surface area contributed by atoms with Gasteiger partial charge in [-0.3, -0.25) is 14.9 Å². The molecular weight excluding hydrogens is 306 g/mol. The largest absolute Gasteiger partial charge is 0.481 e. The number of halogens is 1. The summed E-state index contributed by atoms with van der Waals surface area (Å²) in [4.78, 5) is 24.8. The van der Waals surface area contributed by atoms with E-state index in [0.717, 1.165) is 0 Å². The standard InChI is InChI=1S/C10H12BrN3O4/c1-2-7(4-9(15)16)13-10-8(14(17)18)3-6(11)5-12-10/h3,5,7H,2,4H2,1H3,(H,12,13)(H,15,16). The smallest absolute Gasteiger partial charge is 0.312 e. The number of hydrogen-bond acceptors (Lipinski definition) is 5. The Morgan fingerprint density at radius 2 is 2.39 bits per heavy atom. The number of carboxylic acids is 1. The molecular formula is C10H12BrN3O4. The molecule has 0 aliphatic carbocycles. The van der Waals surface area contributed by atoms with Crippen molar-refractivity contribution < 1.29 is 14.8 Å². The topological polar surface area (TPSA) is 105 Å². The van der Waals surface area contributed by atoms with Crippen molar-refractivity contribution in [1.82, 2.24) is 4.98 Å². The van der Waals surface area contributed by atoms with Gasteiger partial charge in [0.05, 0.1) is 11.3 Å². The van der Waals surface area contributed by atoms with E-state index in [-0.39, 0.29) is 17.9 Å². The molecule has 1 atom stereocenters. The van der Waals surface area contributed by atoms with Crippen molar-refractivity contribution in [2.75, 3.05) is 5.32 Å². The van der Waals surface area contributed by atoms with Crippen LogP contribution in [0.25, 0.3) is 0 Å². The molecule has 2 N–H and O–H groups in total. The van der Waals surface area contributed by atoms with Gasteiger partial charge in [-0.25, -0.2) is 4.98 Å². The minimum absolute atomic E-state index is 0.0799. The van der Waals surface area contributed by atoms with Gasteiger partial charge in [0, 0.05) is 22.8 Å². The molecule has 1 unspecified atom stereocenters. The number of carbonyl (C=O) groups is 1. The molecule has 1 heterocycles. The Labute approximate surface area is 112 Å². The molecule has 0 radical (unpaired) electrons. The molecule has 0 aromatic carbocycles. The van der Waals surface area contributed by atoms with E-state index in [4.69, 9.17) is 5.11 Å². The van der Waals surface area contributed by atoms with E-state index < -0.39 is 16.9 Å². The van der Waals surface area contributed by atoms with Gasteiger partial charge in [-0.15, -0.1) is 0 Å². The number of carboxylic acid groups (broad SMARTS) is 1. The quantitative estimate of drug-likeness (QED) is 0.616. The van der Waals surface area contributed by atoms with Gasteiger partial charge in [0.2, 0.25) is 5.82 Å². The number of nitro groups is 1. The second kappa shape index (κ2) is 6.29. The molecule has 0 bridgehead atoms. The summed E-state index contributed by atoms with van der Waals surface area (Å²) < 4.78 is 0.492. The highest BCUT2D eigenvalue weighted by atomic mass is 79.9. The minimum atomic E-state index is -0.964. The molecule has 0 aliphatic rings. The highest BCUT2D eigenvalue weighted by Crippen LogP contribution is 2.26. The van der Waals surface area contributed by atoms with E-state index in [0.29, 0.717) is 10.9 Å². The van der Waals surface area contributed by atoms with Gasteiger partial charge in [-0.1, -0.05) is 6.92 Å². The number of aromatic nitrogens is 1. The minimum Gasteiger partial charge on any atom is -0.481 e. The van der Waals surface area contributed by atoms with Crippen LogP contribution in [-0.4, -0.2) is 27.0 Å². The van der Waals surface area contributed by atoms with Crippen molar-refractivity contribution in [2.24, 2.45) is 0 Å². The predicted molar refractivity (Wildman–Crippen MR) is 68.5 cm³/mol. The van der Waals surface area contributed by atoms with Gasteiger partial charge in [-0.05, 0) is 22.4 Å². The monoisotopic (exact) mass is 317 g/mol. The zero-order valence-corrected chi connectivity index (χ0v) is 11.2. The maximum absolute atomic E-state index is 10.9. The third kappa shape index (κ3) is 3.95. The lowest BCUT2D eigenvalue weighted by Gasteiger charge is -2.15. The second-order valence-corrected chi connectivity index (χ2v) is 4.54. The molecule has 0 saturated carbocycles. The van der Waals surface area contributed by atoms with Crippen LogP contribution in [-0.2, 0) is 4.79 Å². The van der Waals surface area contributed by atoms with Crippen molar-refractivity contribution in [1.29, 1.82) is 0 Å². The molecule has 0 saturated heterocycles. The fourth-order valence-corrected chi connectivity index (χ4v) is 1.70. The summed E-state index contributed by atoms with van der Waals surface area (Å²) in [6.07, 6.45) is 1.83. The molecule has 98 valence electrons. The van der Waals surface area contributed by atoms with Crippen LogP contribution in [0.2, 0.25) is 0 Å². The van der Waals surface area contributed by atoms with Gasteiger partial charge < -0.3 is 10.4 Å². The summed E-state index contributed by atoms with van der Waals surface area (Å²) in [5, 5.41) is 22.4. The van der Waals surface area contributed by atoms with Crippen LogP contribution in [0.5, 0.6) is 0 Å². The summed E-state index contributed by atoms with van der Waals surface area (Å²) in [6.45, 7) is 1.80. The number of hydrogen-bond donors (Lipinski definition) is 2. The number of pyridine rings is 1. The molecule has 0 spiro atoms. The summed E-state index contributed by atoms with van der Waals surface area (Å²) >= 11 is 3.10. The number of nitrogens with zero attached hydrogens (tertiary/aromatic N) is 2. The van der Waals surface area contributed by atoms with Crippen LogP contribution in [0, 0.1) is 10.1 Å². The summed E-state index contributed by atoms with van der Waals surface area (Å²) in [5.41, 5.74) is -0.187. The molecule has 1 rings (SSSR count). The Morgan fingerprint density at radius 3 is 2.89 bits per heavy atom. The van der Waals surface area contributed by atoms with Gasteiger partial charge in [-0.2, -0.15) is 0 Å². The Balaban J connectivity index is 2.95. The SMILES string of the molecule is CCC(CC(=O)O)Nc1ncc(Br)cc1[N+](=O)[O-]. The van der Waals surface area contributed by atoms with E-state index >= 15 is 0 Å². The first-order valence-corrected chi connectivity index (χ1v) is 6.01. The van der Waals surface area contributed by atoms with Crippen molar-refractivity contribution in [3.8, 4) is 0 Å². The first kappa shape index (κ1) is 14.4. The predicted octanol–water partition coefficient (Wildman–Crippen LogP) is 2.42. The molecule has 7 nitrogen and oxygen atoms in total. The molecule has 1 aromatic heterocycles. The van der Waals surface area contributed by atoms with Crippen molar-refractivity contribution in [2.45, 2.75) is 25.8 Å². The van der Waals surface area contributed by atoms with Gasteiger partial charge >= 0.3 is 11.7 Å². The fraction of sp³-hybridized carbons (Fsp3) is 0.400. The van der Waals surface area contributed by atoms with Crippen LogP contribution in [0.3, 0.4) is 0 Å². The van der Waals surface area contributed by atoms with E-state index in [9.17, 15) is 14.9 Å². The third-order valence-corrected chi connectivity index (χ3v) is 2.72. The number of nitrogens with one attached hydrogen (secondary N) is 1. The average molecular weight is 318 g/mol. The molecule has 0 amide bonds. The van der Waals surface area contributed by atoms with Crippen molar-refractivity contribution in [3.63, 3.8) is 0 Å². The summed E-state index contributed by atoms with van der Waals surface area (Å²) in [6, 6.07) is 0.929. The van der Waals surface area contributed by atoms with Crippen LogP contribution in [0.4, 0.5) is 11.5 Å². The van der Waals surface area contributed by atoms with E-state index in [2.05, 4.69) is 26.2 Å². The Kier molecular flexibility index (Phi) is 5.02. The number of rotatable bonds is 6. The molecule has 8 heteroatoms. The second-order valence-electron chi connectivity index (χ2n) is 3.63. The van der Waals surface area contributed by atoms with Gasteiger partial charge in [0.1, 0.15) is 0 Å². The summed E-state index contributed by atoms with van der Waals surface area (Å²) in [5.74, 6) is -0.884.